The highest BCUT2D eigenvalue weighted by Gasteiger charge is 2.20. The van der Waals surface area contributed by atoms with Crippen LogP contribution >= 0.6 is 23.4 Å². The number of rotatable bonds is 8. The molecule has 0 radical (unpaired) electrons. The fourth-order valence-corrected chi connectivity index (χ4v) is 3.02. The van der Waals surface area contributed by atoms with Crippen LogP contribution in [0.3, 0.4) is 0 Å². The Morgan fingerprint density at radius 2 is 2.04 bits per heavy atom. The third kappa shape index (κ3) is 7.03. The van der Waals surface area contributed by atoms with Gasteiger partial charge in [-0.3, -0.25) is 4.98 Å². The van der Waals surface area contributed by atoms with Crippen molar-refractivity contribution in [2.24, 2.45) is 0 Å². The normalized spacial score (nSPS) is 11.6. The number of carboxylic acids is 1. The number of carbonyl (C=O) groups excluding carboxylic acids is 1. The van der Waals surface area contributed by atoms with Crippen molar-refractivity contribution in [2.45, 2.75) is 18.4 Å². The Bertz CT molecular complexity index is 715. The van der Waals surface area contributed by atoms with Crippen LogP contribution in [0.1, 0.15) is 11.3 Å². The predicted molar refractivity (Wildman–Crippen MR) is 96.6 cm³/mol. The summed E-state index contributed by atoms with van der Waals surface area (Å²) in [5.74, 6) is -0.446. The van der Waals surface area contributed by atoms with E-state index >= 15 is 0 Å². The van der Waals surface area contributed by atoms with Gasteiger partial charge in [-0.15, -0.1) is 0 Å². The number of benzene rings is 1. The van der Waals surface area contributed by atoms with Crippen LogP contribution in [-0.4, -0.2) is 33.9 Å². The van der Waals surface area contributed by atoms with Crippen molar-refractivity contribution < 1.29 is 19.4 Å². The number of aliphatic carboxylic acids is 1. The summed E-state index contributed by atoms with van der Waals surface area (Å²) >= 11 is 7.21. The van der Waals surface area contributed by atoms with Crippen LogP contribution in [0, 0.1) is 0 Å². The van der Waals surface area contributed by atoms with Crippen LogP contribution < -0.4 is 5.32 Å². The molecular formula is C17H17ClN2O4S. The molecule has 1 amide bonds. The van der Waals surface area contributed by atoms with E-state index in [4.69, 9.17) is 16.3 Å². The molecular weight excluding hydrogens is 364 g/mol. The van der Waals surface area contributed by atoms with Crippen molar-refractivity contribution in [2.75, 3.05) is 5.75 Å². The highest BCUT2D eigenvalue weighted by Crippen LogP contribution is 2.15. The molecule has 2 N–H and O–H groups in total. The first-order valence-electron chi connectivity index (χ1n) is 7.43. The van der Waals surface area contributed by atoms with Crippen molar-refractivity contribution in [3.05, 3.63) is 64.9 Å². The zero-order valence-corrected chi connectivity index (χ0v) is 14.8. The van der Waals surface area contributed by atoms with Gasteiger partial charge in [0.2, 0.25) is 0 Å². The van der Waals surface area contributed by atoms with E-state index in [0.29, 0.717) is 10.8 Å². The lowest BCUT2D eigenvalue weighted by molar-refractivity contribution is -0.138. The molecule has 0 spiro atoms. The fourth-order valence-electron chi connectivity index (χ4n) is 1.89. The van der Waals surface area contributed by atoms with Gasteiger partial charge in [0, 0.05) is 22.7 Å². The first kappa shape index (κ1) is 19.1. The van der Waals surface area contributed by atoms with Crippen LogP contribution in [0.5, 0.6) is 0 Å². The predicted octanol–water partition coefficient (Wildman–Crippen LogP) is 3.35. The molecule has 0 bridgehead atoms. The molecule has 0 aliphatic rings. The molecule has 1 unspecified atom stereocenters. The number of amides is 1. The summed E-state index contributed by atoms with van der Waals surface area (Å²) in [6.07, 6.45) is 0.823. The van der Waals surface area contributed by atoms with Crippen LogP contribution in [0.15, 0.2) is 48.7 Å². The first-order valence-corrected chi connectivity index (χ1v) is 8.96. The molecule has 8 heteroatoms. The van der Waals surface area contributed by atoms with Gasteiger partial charge in [0.05, 0.1) is 5.69 Å². The van der Waals surface area contributed by atoms with Crippen molar-refractivity contribution in [3.8, 4) is 0 Å². The number of carbonyl (C=O) groups is 2. The summed E-state index contributed by atoms with van der Waals surface area (Å²) in [5.41, 5.74) is 1.57. The summed E-state index contributed by atoms with van der Waals surface area (Å²) < 4.78 is 5.04. The van der Waals surface area contributed by atoms with E-state index in [1.807, 2.05) is 30.3 Å². The number of pyridine rings is 1. The smallest absolute Gasteiger partial charge is 0.408 e. The number of alkyl carbamates (subject to hydrolysis) is 1. The highest BCUT2D eigenvalue weighted by molar-refractivity contribution is 7.98. The number of thioether (sulfide) groups is 1. The highest BCUT2D eigenvalue weighted by atomic mass is 35.5. The van der Waals surface area contributed by atoms with Gasteiger partial charge in [0.1, 0.15) is 12.6 Å². The molecule has 6 nitrogen and oxygen atoms in total. The minimum atomic E-state index is -1.12. The first-order chi connectivity index (χ1) is 12.0. The zero-order valence-electron chi connectivity index (χ0n) is 13.2. The van der Waals surface area contributed by atoms with Crippen molar-refractivity contribution in [1.29, 1.82) is 0 Å². The molecule has 0 aliphatic heterocycles. The van der Waals surface area contributed by atoms with Crippen molar-refractivity contribution in [3.63, 3.8) is 0 Å². The van der Waals surface area contributed by atoms with Gasteiger partial charge in [-0.2, -0.15) is 11.8 Å². The van der Waals surface area contributed by atoms with E-state index in [0.717, 1.165) is 11.3 Å². The van der Waals surface area contributed by atoms with Crippen molar-refractivity contribution in [1.82, 2.24) is 10.3 Å². The number of hydrogen-bond acceptors (Lipinski definition) is 5. The Labute approximate surface area is 154 Å². The molecule has 1 aromatic carbocycles. The van der Waals surface area contributed by atoms with Gasteiger partial charge in [-0.1, -0.05) is 41.9 Å². The molecule has 1 aromatic heterocycles. The maximum Gasteiger partial charge on any atom is 0.408 e. The number of hydrogen-bond donors (Lipinski definition) is 2. The molecule has 1 atom stereocenters. The van der Waals surface area contributed by atoms with E-state index in [2.05, 4.69) is 10.3 Å². The molecule has 25 heavy (non-hydrogen) atoms. The minimum absolute atomic E-state index is 0.0819. The summed E-state index contributed by atoms with van der Waals surface area (Å²) in [5, 5.41) is 12.2. The number of aromatic nitrogens is 1. The molecule has 1 heterocycles. The second-order valence-electron chi connectivity index (χ2n) is 5.08. The van der Waals surface area contributed by atoms with Crippen LogP contribution in [0.25, 0.3) is 0 Å². The van der Waals surface area contributed by atoms with Gasteiger partial charge >= 0.3 is 12.1 Å². The van der Waals surface area contributed by atoms with Crippen molar-refractivity contribution >= 4 is 35.4 Å². The van der Waals surface area contributed by atoms with Crippen LogP contribution in [0.4, 0.5) is 4.79 Å². The second-order valence-corrected chi connectivity index (χ2v) is 6.54. The average molecular weight is 381 g/mol. The van der Waals surface area contributed by atoms with Gasteiger partial charge < -0.3 is 15.2 Å². The Hall–Kier alpha value is -2.25. The number of nitrogens with zero attached hydrogens (tertiary/aromatic N) is 1. The number of ether oxygens (including phenoxy) is 1. The Morgan fingerprint density at radius 1 is 1.28 bits per heavy atom. The lowest BCUT2D eigenvalue weighted by Gasteiger charge is -2.14. The zero-order chi connectivity index (χ0) is 18.1. The summed E-state index contributed by atoms with van der Waals surface area (Å²) in [4.78, 5) is 27.2. The van der Waals surface area contributed by atoms with Gasteiger partial charge in [0.15, 0.2) is 0 Å². The molecule has 0 saturated carbocycles. The quantitative estimate of drug-likeness (QED) is 0.730. The lowest BCUT2D eigenvalue weighted by atomic mass is 10.2. The lowest BCUT2D eigenvalue weighted by Crippen LogP contribution is -2.42. The summed E-state index contributed by atoms with van der Waals surface area (Å²) in [6, 6.07) is 11.5. The second kappa shape index (κ2) is 9.90. The standard InChI is InChI=1S/C17H17ClN2O4S/c18-13-6-7-19-14(8-13)10-25-11-15(16(21)22)20-17(23)24-9-12-4-2-1-3-5-12/h1-8,15H,9-11H2,(H,20,23)(H,21,22). The Morgan fingerprint density at radius 3 is 2.72 bits per heavy atom. The Kier molecular flexibility index (Phi) is 7.56. The SMILES string of the molecule is O=C(NC(CSCc1cc(Cl)ccn1)C(=O)O)OCc1ccccc1. The largest absolute Gasteiger partial charge is 0.480 e. The number of halogens is 1. The van der Waals surface area contributed by atoms with Crippen LogP contribution in [-0.2, 0) is 21.9 Å². The third-order valence-corrected chi connectivity index (χ3v) is 4.42. The Balaban J connectivity index is 1.77. The van der Waals surface area contributed by atoms with E-state index in [1.54, 1.807) is 18.3 Å². The van der Waals surface area contributed by atoms with E-state index in [1.165, 1.54) is 11.8 Å². The van der Waals surface area contributed by atoms with Crippen LogP contribution in [0.2, 0.25) is 5.02 Å². The third-order valence-electron chi connectivity index (χ3n) is 3.12. The average Bonchev–Trinajstić information content (AvgIpc) is 2.60. The van der Waals surface area contributed by atoms with E-state index in [-0.39, 0.29) is 12.4 Å². The maximum absolute atomic E-state index is 11.8. The molecule has 0 fully saturated rings. The summed E-state index contributed by atoms with van der Waals surface area (Å²) in [6.45, 7) is 0.0819. The van der Waals surface area contributed by atoms with E-state index < -0.39 is 18.1 Å². The number of carboxylic acid groups (broad SMARTS) is 1. The van der Waals surface area contributed by atoms with Gasteiger partial charge in [0.25, 0.3) is 0 Å². The maximum atomic E-state index is 11.8. The number of nitrogens with one attached hydrogen (secondary N) is 1. The summed E-state index contributed by atoms with van der Waals surface area (Å²) in [7, 11) is 0. The molecule has 0 saturated heterocycles. The van der Waals surface area contributed by atoms with Gasteiger partial charge in [-0.05, 0) is 17.7 Å². The monoisotopic (exact) mass is 380 g/mol. The molecule has 2 aromatic rings. The minimum Gasteiger partial charge on any atom is -0.480 e. The van der Waals surface area contributed by atoms with E-state index in [9.17, 15) is 14.7 Å². The molecule has 2 rings (SSSR count). The fraction of sp³-hybridized carbons (Fsp3) is 0.235. The molecule has 0 aliphatic carbocycles. The van der Waals surface area contributed by atoms with Gasteiger partial charge in [-0.25, -0.2) is 9.59 Å². The molecule has 132 valence electrons. The topological polar surface area (TPSA) is 88.5 Å².